The molecule has 1 N–H and O–H groups in total. The summed E-state index contributed by atoms with van der Waals surface area (Å²) in [6, 6.07) is 20.3. The molecule has 2 heteroatoms. The molecule has 3 aromatic rings. The Balaban J connectivity index is 1.80. The first-order valence-corrected chi connectivity index (χ1v) is 7.90. The van der Waals surface area contributed by atoms with E-state index in [-0.39, 0.29) is 0 Å². The predicted molar refractivity (Wildman–Crippen MR) is 88.2 cm³/mol. The molecule has 0 aliphatic carbocycles. The van der Waals surface area contributed by atoms with Gasteiger partial charge in [-0.1, -0.05) is 42.5 Å². The van der Waals surface area contributed by atoms with Crippen molar-refractivity contribution in [1.29, 1.82) is 0 Å². The Morgan fingerprint density at radius 1 is 0.850 bits per heavy atom. The van der Waals surface area contributed by atoms with E-state index in [2.05, 4.69) is 79.1 Å². The van der Waals surface area contributed by atoms with Crippen molar-refractivity contribution in [3.05, 3.63) is 70.4 Å². The third kappa shape index (κ3) is 2.77. The van der Waals surface area contributed by atoms with E-state index >= 15 is 0 Å². The zero-order valence-corrected chi connectivity index (χ0v) is 12.7. The number of hydrogen-bond donors (Lipinski definition) is 1. The molecule has 0 saturated heterocycles. The number of hydrogen-bond acceptors (Lipinski definition) is 2. The summed E-state index contributed by atoms with van der Waals surface area (Å²) < 4.78 is 0. The van der Waals surface area contributed by atoms with Crippen molar-refractivity contribution in [3.63, 3.8) is 0 Å². The SMILES string of the molecule is CC(N[C@@H](C)c1cccs1)c1ccc2ccccc2c1. The fourth-order valence-corrected chi connectivity index (χ4v) is 3.31. The largest absolute Gasteiger partial charge is 0.303 e. The first-order valence-electron chi connectivity index (χ1n) is 7.02. The minimum atomic E-state index is 0.344. The van der Waals surface area contributed by atoms with Crippen LogP contribution in [0.25, 0.3) is 10.8 Å². The quantitative estimate of drug-likeness (QED) is 0.683. The molecule has 0 fully saturated rings. The molecule has 0 amide bonds. The molecular weight excluding hydrogens is 262 g/mol. The van der Waals surface area contributed by atoms with Gasteiger partial charge in [-0.25, -0.2) is 0 Å². The van der Waals surface area contributed by atoms with Gasteiger partial charge in [0.1, 0.15) is 0 Å². The van der Waals surface area contributed by atoms with E-state index in [1.165, 1.54) is 21.2 Å². The van der Waals surface area contributed by atoms with Crippen LogP contribution < -0.4 is 5.32 Å². The second kappa shape index (κ2) is 5.78. The summed E-state index contributed by atoms with van der Waals surface area (Å²) in [6.07, 6.45) is 0. The molecule has 0 spiro atoms. The summed E-state index contributed by atoms with van der Waals surface area (Å²) in [6.45, 7) is 4.46. The van der Waals surface area contributed by atoms with Gasteiger partial charge in [0.15, 0.2) is 0 Å². The highest BCUT2D eigenvalue weighted by atomic mass is 32.1. The van der Waals surface area contributed by atoms with Crippen molar-refractivity contribution < 1.29 is 0 Å². The molecule has 3 rings (SSSR count). The van der Waals surface area contributed by atoms with Gasteiger partial charge in [0, 0.05) is 17.0 Å². The van der Waals surface area contributed by atoms with Crippen LogP contribution in [0.2, 0.25) is 0 Å². The Morgan fingerprint density at radius 2 is 1.65 bits per heavy atom. The standard InChI is InChI=1S/C18H19NS/c1-13(19-14(2)18-8-5-11-20-18)16-10-9-15-6-3-4-7-17(15)12-16/h3-14,19H,1-2H3/t13?,14-/m0/s1. The molecule has 2 aromatic carbocycles. The fraction of sp³-hybridized carbons (Fsp3) is 0.222. The van der Waals surface area contributed by atoms with Gasteiger partial charge in [-0.2, -0.15) is 0 Å². The van der Waals surface area contributed by atoms with E-state index in [1.54, 1.807) is 0 Å². The van der Waals surface area contributed by atoms with E-state index in [1.807, 2.05) is 11.3 Å². The highest BCUT2D eigenvalue weighted by Gasteiger charge is 2.12. The highest BCUT2D eigenvalue weighted by Crippen LogP contribution is 2.24. The van der Waals surface area contributed by atoms with Crippen LogP contribution in [0.5, 0.6) is 0 Å². The maximum Gasteiger partial charge on any atom is 0.0391 e. The molecule has 20 heavy (non-hydrogen) atoms. The second-order valence-corrected chi connectivity index (χ2v) is 6.21. The number of benzene rings is 2. The number of nitrogens with one attached hydrogen (secondary N) is 1. The predicted octanol–water partition coefficient (Wildman–Crippen LogP) is 5.31. The van der Waals surface area contributed by atoms with Gasteiger partial charge in [-0.05, 0) is 47.7 Å². The molecule has 2 atom stereocenters. The summed E-state index contributed by atoms with van der Waals surface area (Å²) in [4.78, 5) is 1.39. The Kier molecular flexibility index (Phi) is 3.86. The van der Waals surface area contributed by atoms with Gasteiger partial charge >= 0.3 is 0 Å². The van der Waals surface area contributed by atoms with Gasteiger partial charge < -0.3 is 5.32 Å². The normalized spacial score (nSPS) is 14.3. The van der Waals surface area contributed by atoms with Crippen LogP contribution in [-0.2, 0) is 0 Å². The fourth-order valence-electron chi connectivity index (χ4n) is 2.57. The van der Waals surface area contributed by atoms with Crippen LogP contribution in [0.4, 0.5) is 0 Å². The van der Waals surface area contributed by atoms with Crippen molar-refractivity contribution in [3.8, 4) is 0 Å². The molecule has 1 heterocycles. The Bertz CT molecular complexity index is 687. The Labute approximate surface area is 124 Å². The van der Waals surface area contributed by atoms with Crippen LogP contribution in [0, 0.1) is 0 Å². The molecule has 0 aliphatic heterocycles. The van der Waals surface area contributed by atoms with Crippen molar-refractivity contribution >= 4 is 22.1 Å². The molecule has 0 radical (unpaired) electrons. The number of fused-ring (bicyclic) bond motifs is 1. The minimum Gasteiger partial charge on any atom is -0.303 e. The highest BCUT2D eigenvalue weighted by molar-refractivity contribution is 7.10. The number of rotatable bonds is 4. The van der Waals surface area contributed by atoms with Gasteiger partial charge in [0.05, 0.1) is 0 Å². The van der Waals surface area contributed by atoms with Gasteiger partial charge in [-0.15, -0.1) is 11.3 Å². The van der Waals surface area contributed by atoms with Gasteiger partial charge in [-0.3, -0.25) is 0 Å². The lowest BCUT2D eigenvalue weighted by Crippen LogP contribution is -2.21. The molecule has 0 saturated carbocycles. The minimum absolute atomic E-state index is 0.344. The molecule has 1 nitrogen and oxygen atoms in total. The Morgan fingerprint density at radius 3 is 2.40 bits per heavy atom. The second-order valence-electron chi connectivity index (χ2n) is 5.23. The van der Waals surface area contributed by atoms with E-state index < -0.39 is 0 Å². The van der Waals surface area contributed by atoms with Crippen LogP contribution in [0.3, 0.4) is 0 Å². The van der Waals surface area contributed by atoms with Crippen molar-refractivity contribution in [2.24, 2.45) is 0 Å². The van der Waals surface area contributed by atoms with Crippen molar-refractivity contribution in [2.45, 2.75) is 25.9 Å². The zero-order chi connectivity index (χ0) is 13.9. The topological polar surface area (TPSA) is 12.0 Å². The van der Waals surface area contributed by atoms with E-state index in [0.29, 0.717) is 12.1 Å². The molecule has 0 bridgehead atoms. The summed E-state index contributed by atoms with van der Waals surface area (Å²) in [5, 5.41) is 8.42. The van der Waals surface area contributed by atoms with Crippen LogP contribution >= 0.6 is 11.3 Å². The lowest BCUT2D eigenvalue weighted by molar-refractivity contribution is 0.500. The third-order valence-electron chi connectivity index (χ3n) is 3.74. The van der Waals surface area contributed by atoms with E-state index in [9.17, 15) is 0 Å². The average Bonchev–Trinajstić information content (AvgIpc) is 3.01. The lowest BCUT2D eigenvalue weighted by Gasteiger charge is -2.20. The van der Waals surface area contributed by atoms with Crippen LogP contribution in [0.1, 0.15) is 36.4 Å². The van der Waals surface area contributed by atoms with E-state index in [0.717, 1.165) is 0 Å². The summed E-state index contributed by atoms with van der Waals surface area (Å²) in [5.74, 6) is 0. The van der Waals surface area contributed by atoms with Crippen LogP contribution in [0.15, 0.2) is 60.0 Å². The zero-order valence-electron chi connectivity index (χ0n) is 11.8. The first kappa shape index (κ1) is 13.3. The van der Waals surface area contributed by atoms with Crippen molar-refractivity contribution in [1.82, 2.24) is 5.32 Å². The summed E-state index contributed by atoms with van der Waals surface area (Å²) in [7, 11) is 0. The summed E-state index contributed by atoms with van der Waals surface area (Å²) >= 11 is 1.81. The molecule has 1 aromatic heterocycles. The average molecular weight is 281 g/mol. The van der Waals surface area contributed by atoms with Gasteiger partial charge in [0.25, 0.3) is 0 Å². The molecule has 1 unspecified atom stereocenters. The lowest BCUT2D eigenvalue weighted by atomic mass is 10.0. The molecular formula is C18H19NS. The Hall–Kier alpha value is -1.64. The monoisotopic (exact) mass is 281 g/mol. The van der Waals surface area contributed by atoms with E-state index in [4.69, 9.17) is 0 Å². The van der Waals surface area contributed by atoms with Crippen molar-refractivity contribution in [2.75, 3.05) is 0 Å². The summed E-state index contributed by atoms with van der Waals surface area (Å²) in [5.41, 5.74) is 1.34. The maximum atomic E-state index is 3.67. The smallest absolute Gasteiger partial charge is 0.0391 e. The molecule has 102 valence electrons. The van der Waals surface area contributed by atoms with Crippen LogP contribution in [-0.4, -0.2) is 0 Å². The molecule has 0 aliphatic rings. The van der Waals surface area contributed by atoms with Gasteiger partial charge in [0.2, 0.25) is 0 Å². The number of thiophene rings is 1. The first-order chi connectivity index (χ1) is 9.74. The third-order valence-corrected chi connectivity index (χ3v) is 4.80. The maximum absolute atomic E-state index is 3.67.